The van der Waals surface area contributed by atoms with E-state index < -0.39 is 0 Å². The van der Waals surface area contributed by atoms with Gasteiger partial charge in [0.1, 0.15) is 5.75 Å². The first-order valence-electron chi connectivity index (χ1n) is 9.55. The zero-order valence-electron chi connectivity index (χ0n) is 17.1. The fourth-order valence-electron chi connectivity index (χ4n) is 2.78. The topological polar surface area (TPSA) is 75.2 Å². The van der Waals surface area contributed by atoms with Gasteiger partial charge in [-0.25, -0.2) is 4.99 Å². The van der Waals surface area contributed by atoms with Crippen LogP contribution in [0.25, 0.3) is 0 Å². The minimum Gasteiger partial charge on any atom is -0.497 e. The Kier molecular flexibility index (Phi) is 11.9. The Labute approximate surface area is 185 Å². The standard InChI is InChI=1S/C20H32N4O3.HI/c1-24(2)19(25)15-23-20(21-12-11-18-6-4-5-13-27-18)22-14-16-7-9-17(26-3)10-8-16;/h7-10,18H,4-6,11-15H2,1-3H3,(H2,21,22,23);1H. The third kappa shape index (κ3) is 9.09. The van der Waals surface area contributed by atoms with Crippen LogP contribution in [-0.4, -0.2) is 63.8 Å². The number of amides is 1. The summed E-state index contributed by atoms with van der Waals surface area (Å²) >= 11 is 0. The van der Waals surface area contributed by atoms with Crippen LogP contribution in [0.1, 0.15) is 31.2 Å². The molecule has 1 fully saturated rings. The third-order valence-electron chi connectivity index (χ3n) is 4.52. The van der Waals surface area contributed by atoms with Crippen LogP contribution in [0.5, 0.6) is 5.75 Å². The molecular weight excluding hydrogens is 471 g/mol. The number of halogens is 1. The Balaban J connectivity index is 0.00000392. The van der Waals surface area contributed by atoms with Crippen LogP contribution >= 0.6 is 24.0 Å². The molecule has 2 N–H and O–H groups in total. The molecule has 0 spiro atoms. The molecule has 0 aliphatic carbocycles. The molecule has 28 heavy (non-hydrogen) atoms. The van der Waals surface area contributed by atoms with Gasteiger partial charge in [0, 0.05) is 27.2 Å². The number of likely N-dealkylation sites (N-methyl/N-ethyl adjacent to an activating group) is 1. The molecule has 2 rings (SSSR count). The Hall–Kier alpha value is -1.55. The second-order valence-corrected chi connectivity index (χ2v) is 6.86. The summed E-state index contributed by atoms with van der Waals surface area (Å²) in [6.07, 6.45) is 4.76. The van der Waals surface area contributed by atoms with Crippen molar-refractivity contribution in [2.24, 2.45) is 4.99 Å². The van der Waals surface area contributed by atoms with Crippen molar-refractivity contribution in [1.29, 1.82) is 0 Å². The monoisotopic (exact) mass is 504 g/mol. The Morgan fingerprint density at radius 3 is 2.61 bits per heavy atom. The molecule has 1 saturated heterocycles. The zero-order chi connectivity index (χ0) is 19.5. The molecule has 0 aromatic heterocycles. The lowest BCUT2D eigenvalue weighted by Crippen LogP contribution is -2.43. The van der Waals surface area contributed by atoms with Gasteiger partial charge in [-0.05, 0) is 43.4 Å². The van der Waals surface area contributed by atoms with Crippen molar-refractivity contribution in [2.45, 2.75) is 38.3 Å². The van der Waals surface area contributed by atoms with Crippen molar-refractivity contribution in [3.8, 4) is 5.75 Å². The van der Waals surface area contributed by atoms with Crippen molar-refractivity contribution >= 4 is 35.8 Å². The highest BCUT2D eigenvalue weighted by Gasteiger charge is 2.13. The minimum atomic E-state index is 0. The molecule has 1 aliphatic heterocycles. The predicted molar refractivity (Wildman–Crippen MR) is 122 cm³/mol. The fourth-order valence-corrected chi connectivity index (χ4v) is 2.78. The number of methoxy groups -OCH3 is 1. The summed E-state index contributed by atoms with van der Waals surface area (Å²) in [4.78, 5) is 18.0. The van der Waals surface area contributed by atoms with E-state index in [4.69, 9.17) is 9.47 Å². The maximum Gasteiger partial charge on any atom is 0.241 e. The highest BCUT2D eigenvalue weighted by molar-refractivity contribution is 14.0. The van der Waals surface area contributed by atoms with Crippen LogP contribution in [-0.2, 0) is 16.1 Å². The van der Waals surface area contributed by atoms with Gasteiger partial charge in [-0.3, -0.25) is 4.79 Å². The van der Waals surface area contributed by atoms with Crippen LogP contribution in [0.4, 0.5) is 0 Å². The van der Waals surface area contributed by atoms with Crippen molar-refractivity contribution in [2.75, 3.05) is 40.9 Å². The number of benzene rings is 1. The van der Waals surface area contributed by atoms with Crippen molar-refractivity contribution in [3.05, 3.63) is 29.8 Å². The molecule has 1 aliphatic rings. The molecule has 7 nitrogen and oxygen atoms in total. The molecule has 1 aromatic rings. The molecule has 1 aromatic carbocycles. The molecule has 1 atom stereocenters. The Morgan fingerprint density at radius 2 is 2.00 bits per heavy atom. The van der Waals surface area contributed by atoms with E-state index >= 15 is 0 Å². The first-order valence-corrected chi connectivity index (χ1v) is 9.55. The maximum atomic E-state index is 11.9. The number of ether oxygens (including phenoxy) is 2. The van der Waals surface area contributed by atoms with Gasteiger partial charge in [-0.2, -0.15) is 0 Å². The maximum absolute atomic E-state index is 11.9. The highest BCUT2D eigenvalue weighted by atomic mass is 127. The molecule has 1 heterocycles. The number of rotatable bonds is 8. The van der Waals surface area contributed by atoms with Crippen molar-refractivity contribution in [1.82, 2.24) is 15.5 Å². The number of hydrogen-bond acceptors (Lipinski definition) is 4. The van der Waals surface area contributed by atoms with Gasteiger partial charge >= 0.3 is 0 Å². The number of carbonyl (C=O) groups is 1. The van der Waals surface area contributed by atoms with Crippen LogP contribution in [0.3, 0.4) is 0 Å². The minimum absolute atomic E-state index is 0. The number of nitrogens with zero attached hydrogens (tertiary/aromatic N) is 2. The molecule has 158 valence electrons. The predicted octanol–water partition coefficient (Wildman–Crippen LogP) is 2.40. The average molecular weight is 504 g/mol. The lowest BCUT2D eigenvalue weighted by molar-refractivity contribution is -0.127. The molecule has 0 bridgehead atoms. The molecule has 0 radical (unpaired) electrons. The quantitative estimate of drug-likeness (QED) is 0.323. The molecule has 0 saturated carbocycles. The average Bonchev–Trinajstić information content (AvgIpc) is 2.70. The largest absolute Gasteiger partial charge is 0.497 e. The van der Waals surface area contributed by atoms with E-state index in [9.17, 15) is 4.79 Å². The van der Waals surface area contributed by atoms with E-state index in [0.29, 0.717) is 18.6 Å². The number of carbonyl (C=O) groups excluding carboxylic acids is 1. The first-order chi connectivity index (χ1) is 13.1. The van der Waals surface area contributed by atoms with Gasteiger partial charge in [-0.1, -0.05) is 12.1 Å². The van der Waals surface area contributed by atoms with Gasteiger partial charge < -0.3 is 25.0 Å². The molecule has 1 amide bonds. The van der Waals surface area contributed by atoms with E-state index in [2.05, 4.69) is 15.6 Å². The number of guanidine groups is 1. The van der Waals surface area contributed by atoms with Gasteiger partial charge in [-0.15, -0.1) is 24.0 Å². The lowest BCUT2D eigenvalue weighted by Gasteiger charge is -2.23. The SMILES string of the molecule is COc1ccc(CN=C(NCCC2CCCCO2)NCC(=O)N(C)C)cc1.I. The number of hydrogen-bond donors (Lipinski definition) is 2. The van der Waals surface area contributed by atoms with Gasteiger partial charge in [0.25, 0.3) is 0 Å². The zero-order valence-corrected chi connectivity index (χ0v) is 19.4. The molecule has 1 unspecified atom stereocenters. The second-order valence-electron chi connectivity index (χ2n) is 6.86. The number of aliphatic imine (C=N–C) groups is 1. The lowest BCUT2D eigenvalue weighted by atomic mass is 10.1. The normalized spacial score (nSPS) is 16.7. The summed E-state index contributed by atoms with van der Waals surface area (Å²) in [6.45, 7) is 2.35. The van der Waals surface area contributed by atoms with Crippen LogP contribution < -0.4 is 15.4 Å². The fraction of sp³-hybridized carbons (Fsp3) is 0.600. The summed E-state index contributed by atoms with van der Waals surface area (Å²) in [7, 11) is 5.13. The molecule has 8 heteroatoms. The van der Waals surface area contributed by atoms with E-state index in [1.165, 1.54) is 6.42 Å². The van der Waals surface area contributed by atoms with Crippen molar-refractivity contribution < 1.29 is 14.3 Å². The Morgan fingerprint density at radius 1 is 1.25 bits per heavy atom. The van der Waals surface area contributed by atoms with Gasteiger partial charge in [0.15, 0.2) is 5.96 Å². The van der Waals surface area contributed by atoms with Crippen LogP contribution in [0.15, 0.2) is 29.3 Å². The van der Waals surface area contributed by atoms with Crippen LogP contribution in [0, 0.1) is 0 Å². The smallest absolute Gasteiger partial charge is 0.241 e. The summed E-state index contributed by atoms with van der Waals surface area (Å²) < 4.78 is 10.9. The van der Waals surface area contributed by atoms with E-state index in [-0.39, 0.29) is 36.4 Å². The highest BCUT2D eigenvalue weighted by Crippen LogP contribution is 2.15. The summed E-state index contributed by atoms with van der Waals surface area (Å²) in [5, 5.41) is 6.43. The van der Waals surface area contributed by atoms with Gasteiger partial charge in [0.05, 0.1) is 26.3 Å². The van der Waals surface area contributed by atoms with E-state index in [0.717, 1.165) is 43.7 Å². The number of nitrogens with one attached hydrogen (secondary N) is 2. The summed E-state index contributed by atoms with van der Waals surface area (Å²) in [6, 6.07) is 7.81. The molecular formula is C20H33IN4O3. The van der Waals surface area contributed by atoms with Crippen LogP contribution in [0.2, 0.25) is 0 Å². The second kappa shape index (κ2) is 13.6. The first kappa shape index (κ1) is 24.5. The van der Waals surface area contributed by atoms with Gasteiger partial charge in [0.2, 0.25) is 5.91 Å². The summed E-state index contributed by atoms with van der Waals surface area (Å²) in [5.74, 6) is 1.46. The third-order valence-corrected chi connectivity index (χ3v) is 4.52. The Bertz CT molecular complexity index is 602. The summed E-state index contributed by atoms with van der Waals surface area (Å²) in [5.41, 5.74) is 1.08. The van der Waals surface area contributed by atoms with E-state index in [1.807, 2.05) is 24.3 Å². The van der Waals surface area contributed by atoms with Crippen molar-refractivity contribution in [3.63, 3.8) is 0 Å². The van der Waals surface area contributed by atoms with E-state index in [1.54, 1.807) is 26.1 Å².